The van der Waals surface area contributed by atoms with E-state index < -0.39 is 53.8 Å². The number of nitrogens with zero attached hydrogens (tertiary/aromatic N) is 6. The smallest absolute Gasteiger partial charge is 0.416 e. The highest BCUT2D eigenvalue weighted by atomic mass is 19.4. The molecule has 0 unspecified atom stereocenters. The summed E-state index contributed by atoms with van der Waals surface area (Å²) < 4.78 is 89.7. The number of allylic oxidation sites excluding steroid dienone is 1. The van der Waals surface area contributed by atoms with Crippen LogP contribution in [0.3, 0.4) is 0 Å². The van der Waals surface area contributed by atoms with Gasteiger partial charge in [-0.1, -0.05) is 19.9 Å². The van der Waals surface area contributed by atoms with Crippen LogP contribution in [0.2, 0.25) is 0 Å². The fraction of sp³-hybridized carbons (Fsp3) is 0.485. The lowest BCUT2D eigenvalue weighted by atomic mass is 9.94. The number of aromatic nitrogens is 4. The van der Waals surface area contributed by atoms with Crippen molar-refractivity contribution in [3.05, 3.63) is 71.3 Å². The number of benzene rings is 1. The van der Waals surface area contributed by atoms with E-state index in [0.717, 1.165) is 0 Å². The number of Topliss-reactive ketones (excluding diaryl/α,β-unsaturated/α-hetero) is 1. The van der Waals surface area contributed by atoms with Gasteiger partial charge in [-0.15, -0.1) is 0 Å². The van der Waals surface area contributed by atoms with Crippen molar-refractivity contribution in [2.45, 2.75) is 90.5 Å². The average Bonchev–Trinajstić information content (AvgIpc) is 3.66. The zero-order valence-electron chi connectivity index (χ0n) is 27.5. The molecule has 1 amide bonds. The van der Waals surface area contributed by atoms with Crippen LogP contribution in [0, 0.1) is 0 Å². The molecular weight excluding hydrogens is 642 g/mol. The number of hydrogen-bond acceptors (Lipinski definition) is 7. The summed E-state index contributed by atoms with van der Waals surface area (Å²) in [6, 6.07) is 0.381. The monoisotopic (exact) mass is 680 g/mol. The Balaban J connectivity index is 1.71. The Morgan fingerprint density at radius 1 is 0.979 bits per heavy atom. The summed E-state index contributed by atoms with van der Waals surface area (Å²) in [4.78, 5) is 38.4. The largest absolute Gasteiger partial charge is 0.435 e. The number of carbonyl (C=O) groups is 2. The first-order valence-electron chi connectivity index (χ1n) is 15.4. The molecule has 1 fully saturated rings. The molecular formula is C33H38F6N6O3. The summed E-state index contributed by atoms with van der Waals surface area (Å²) >= 11 is 0. The van der Waals surface area contributed by atoms with E-state index in [-0.39, 0.29) is 36.3 Å². The zero-order valence-corrected chi connectivity index (χ0v) is 27.5. The Kier molecular flexibility index (Phi) is 10.6. The van der Waals surface area contributed by atoms with Crippen LogP contribution < -0.4 is 4.90 Å². The molecule has 0 aliphatic carbocycles. The quantitative estimate of drug-likeness (QED) is 0.161. The number of rotatable bonds is 10. The maximum absolute atomic E-state index is 13.7. The number of aryl methyl sites for hydroxylation is 1. The fourth-order valence-electron chi connectivity index (χ4n) is 5.79. The molecule has 0 N–H and O–H groups in total. The molecule has 0 spiro atoms. The third-order valence-electron chi connectivity index (χ3n) is 8.38. The molecule has 2 aromatic heterocycles. The summed E-state index contributed by atoms with van der Waals surface area (Å²) in [5.74, 6) is -0.307. The highest BCUT2D eigenvalue weighted by Gasteiger charge is 2.43. The van der Waals surface area contributed by atoms with Crippen LogP contribution in [0.15, 0.2) is 54.6 Å². The van der Waals surface area contributed by atoms with Crippen LogP contribution in [0.5, 0.6) is 0 Å². The van der Waals surface area contributed by atoms with Gasteiger partial charge in [0.05, 0.1) is 23.4 Å². The second-order valence-corrected chi connectivity index (χ2v) is 12.2. The molecule has 0 radical (unpaired) electrons. The fourth-order valence-corrected chi connectivity index (χ4v) is 5.79. The van der Waals surface area contributed by atoms with Crippen molar-refractivity contribution in [3.63, 3.8) is 0 Å². The Morgan fingerprint density at radius 2 is 1.58 bits per heavy atom. The topological polar surface area (TPSA) is 93.5 Å². The van der Waals surface area contributed by atoms with Crippen LogP contribution >= 0.6 is 0 Å². The van der Waals surface area contributed by atoms with E-state index in [9.17, 15) is 35.9 Å². The van der Waals surface area contributed by atoms with Crippen LogP contribution in [-0.4, -0.2) is 60.8 Å². The molecule has 3 aromatic rings. The average molecular weight is 681 g/mol. The van der Waals surface area contributed by atoms with E-state index in [1.165, 1.54) is 36.0 Å². The molecule has 1 aliphatic rings. The van der Waals surface area contributed by atoms with E-state index in [0.29, 0.717) is 41.7 Å². The van der Waals surface area contributed by atoms with Gasteiger partial charge < -0.3 is 14.5 Å². The molecule has 0 bridgehead atoms. The summed E-state index contributed by atoms with van der Waals surface area (Å²) in [7, 11) is 1.73. The van der Waals surface area contributed by atoms with E-state index in [2.05, 4.69) is 15.1 Å². The van der Waals surface area contributed by atoms with Crippen molar-refractivity contribution < 1.29 is 40.7 Å². The number of ketones is 1. The second-order valence-electron chi connectivity index (χ2n) is 12.2. The lowest BCUT2D eigenvalue weighted by Gasteiger charge is -2.31. The number of likely N-dealkylation sites (tertiary alicyclic amines) is 1. The first kappa shape index (κ1) is 36.4. The highest BCUT2D eigenvalue weighted by molar-refractivity contribution is 6.02. The minimum Gasteiger partial charge on any atom is -0.435 e. The van der Waals surface area contributed by atoms with E-state index in [4.69, 9.17) is 4.74 Å². The van der Waals surface area contributed by atoms with E-state index in [1.807, 2.05) is 13.8 Å². The Labute approximate surface area is 274 Å². The van der Waals surface area contributed by atoms with Crippen LogP contribution in [0.4, 0.5) is 37.1 Å². The number of anilines is 1. The molecule has 1 saturated heterocycles. The predicted octanol–water partition coefficient (Wildman–Crippen LogP) is 7.61. The minimum atomic E-state index is -5.03. The van der Waals surface area contributed by atoms with Crippen molar-refractivity contribution in [2.24, 2.45) is 7.05 Å². The van der Waals surface area contributed by atoms with Crippen LogP contribution in [0.25, 0.3) is 11.1 Å². The molecule has 48 heavy (non-hydrogen) atoms. The van der Waals surface area contributed by atoms with Gasteiger partial charge >= 0.3 is 18.4 Å². The number of hydrogen-bond donors (Lipinski definition) is 0. The predicted molar refractivity (Wildman–Crippen MR) is 166 cm³/mol. The lowest BCUT2D eigenvalue weighted by Crippen LogP contribution is -2.45. The Hall–Kier alpha value is -4.43. The molecule has 260 valence electrons. The van der Waals surface area contributed by atoms with Gasteiger partial charge in [-0.05, 0) is 69.4 Å². The van der Waals surface area contributed by atoms with Gasteiger partial charge in [-0.3, -0.25) is 9.48 Å². The van der Waals surface area contributed by atoms with Gasteiger partial charge in [0.25, 0.3) is 0 Å². The normalized spacial score (nSPS) is 17.5. The van der Waals surface area contributed by atoms with Crippen molar-refractivity contribution >= 4 is 17.8 Å². The van der Waals surface area contributed by atoms with Gasteiger partial charge in [0.2, 0.25) is 11.7 Å². The molecule has 15 heteroatoms. The Bertz CT molecular complexity index is 1620. The highest BCUT2D eigenvalue weighted by Crippen LogP contribution is 2.38. The van der Waals surface area contributed by atoms with Gasteiger partial charge in [0.1, 0.15) is 0 Å². The van der Waals surface area contributed by atoms with Crippen LogP contribution in [-0.2, 0) is 35.5 Å². The van der Waals surface area contributed by atoms with Gasteiger partial charge in [0, 0.05) is 55.9 Å². The third-order valence-corrected chi connectivity index (χ3v) is 8.38. The van der Waals surface area contributed by atoms with Crippen LogP contribution in [0.1, 0.15) is 70.6 Å². The standard InChI is InChI=1S/C33H38F6N6O3/c1-7-21(8-2)28(46)31(4,5)48-30(47)45-19-27(13-26(45)9-3)44(29-40-14-22(15-41-29)23-16-42-43(6)18-23)17-20-10-24(32(34,35)36)12-25(11-20)33(37,38)39/h7,10-12,14-16,18,26-27H,8-9,13,17,19H2,1-6H3/b21-7-/t26-,27+/m1/s1. The molecule has 9 nitrogen and oxygen atoms in total. The first-order chi connectivity index (χ1) is 22.4. The number of halogens is 6. The molecule has 3 heterocycles. The second kappa shape index (κ2) is 14.0. The van der Waals surface area contributed by atoms with Crippen molar-refractivity contribution in [1.82, 2.24) is 24.6 Å². The summed E-state index contributed by atoms with van der Waals surface area (Å²) in [5, 5.41) is 4.12. The van der Waals surface area contributed by atoms with Gasteiger partial charge in [0.15, 0.2) is 5.60 Å². The van der Waals surface area contributed by atoms with Gasteiger partial charge in [-0.25, -0.2) is 14.8 Å². The van der Waals surface area contributed by atoms with Gasteiger partial charge in [-0.2, -0.15) is 31.4 Å². The third kappa shape index (κ3) is 8.16. The maximum atomic E-state index is 13.7. The summed E-state index contributed by atoms with van der Waals surface area (Å²) in [6.45, 7) is 7.93. The molecule has 1 aromatic carbocycles. The Morgan fingerprint density at radius 3 is 2.06 bits per heavy atom. The number of carbonyl (C=O) groups excluding carboxylic acids is 2. The molecule has 4 rings (SSSR count). The summed E-state index contributed by atoms with van der Waals surface area (Å²) in [5.41, 5.74) is -2.85. The van der Waals surface area contributed by atoms with Crippen molar-refractivity contribution in [2.75, 3.05) is 11.4 Å². The number of amides is 1. The SMILES string of the molecule is C/C=C(/CC)C(=O)C(C)(C)OC(=O)N1C[C@@H](N(Cc2cc(C(F)(F)F)cc(C(F)(F)F)c2)c2ncc(-c3cnn(C)c3)cn2)C[C@H]1CC. The maximum Gasteiger partial charge on any atom is 0.416 e. The minimum absolute atomic E-state index is 0.00926. The molecule has 0 saturated carbocycles. The molecule has 1 aliphatic heterocycles. The van der Waals surface area contributed by atoms with E-state index in [1.54, 1.807) is 37.1 Å². The van der Waals surface area contributed by atoms with E-state index >= 15 is 0 Å². The number of alkyl halides is 6. The first-order valence-corrected chi connectivity index (χ1v) is 15.4. The van der Waals surface area contributed by atoms with Crippen molar-refractivity contribution in [3.8, 4) is 11.1 Å². The van der Waals surface area contributed by atoms with Crippen molar-refractivity contribution in [1.29, 1.82) is 0 Å². The zero-order chi connectivity index (χ0) is 35.6. The molecule has 2 atom stereocenters. The number of ether oxygens (including phenoxy) is 1. The summed E-state index contributed by atoms with van der Waals surface area (Å²) in [6.07, 6.45) is -1.67. The lowest BCUT2D eigenvalue weighted by molar-refractivity contribution is -0.143.